The van der Waals surface area contributed by atoms with Crippen molar-refractivity contribution >= 4 is 34.9 Å². The van der Waals surface area contributed by atoms with Crippen LogP contribution in [-0.2, 0) is 23.7 Å². The predicted octanol–water partition coefficient (Wildman–Crippen LogP) is 6.31. The molecule has 3 aliphatic rings. The summed E-state index contributed by atoms with van der Waals surface area (Å²) < 4.78 is 26.1. The highest BCUT2D eigenvalue weighted by Crippen LogP contribution is 2.31. The maximum Gasteiger partial charge on any atom is 0.409 e. The summed E-state index contributed by atoms with van der Waals surface area (Å²) in [6, 6.07) is 0. The van der Waals surface area contributed by atoms with Crippen LogP contribution in [0.5, 0.6) is 0 Å². The molecule has 0 aromatic rings. The first-order valence-electron chi connectivity index (χ1n) is 18.2. The van der Waals surface area contributed by atoms with Crippen molar-refractivity contribution in [3.63, 3.8) is 0 Å². The van der Waals surface area contributed by atoms with Gasteiger partial charge in [-0.3, -0.25) is 4.79 Å². The quantitative estimate of drug-likeness (QED) is 0.113. The lowest BCUT2D eigenvalue weighted by Gasteiger charge is -2.36. The van der Waals surface area contributed by atoms with Crippen molar-refractivity contribution in [1.29, 1.82) is 0 Å². The van der Waals surface area contributed by atoms with Crippen LogP contribution in [0.4, 0.5) is 4.79 Å². The number of piperazine rings is 1. The van der Waals surface area contributed by atoms with E-state index in [2.05, 4.69) is 84.1 Å². The van der Waals surface area contributed by atoms with Crippen LogP contribution in [0.3, 0.4) is 0 Å². The van der Waals surface area contributed by atoms with E-state index in [1.54, 1.807) is 18.9 Å². The van der Waals surface area contributed by atoms with E-state index in [9.17, 15) is 14.7 Å². The topological polar surface area (TPSA) is 110 Å². The molecule has 1 saturated carbocycles. The molecule has 3 fully saturated rings. The number of methoxy groups -OCH3 is 1. The van der Waals surface area contributed by atoms with Gasteiger partial charge in [-0.15, -0.1) is 0 Å². The molecule has 11 heteroatoms. The maximum absolute atomic E-state index is 13.1. The van der Waals surface area contributed by atoms with E-state index in [0.717, 1.165) is 58.0 Å². The Kier molecular flexibility index (Phi) is 17.1. The summed E-state index contributed by atoms with van der Waals surface area (Å²) >= 11 is 2.29. The number of halogens is 1. The van der Waals surface area contributed by atoms with Gasteiger partial charge in [-0.25, -0.2) is 7.91 Å². The summed E-state index contributed by atoms with van der Waals surface area (Å²) in [5, 5.41) is 13.2. The van der Waals surface area contributed by atoms with Gasteiger partial charge in [-0.1, -0.05) is 32.1 Å². The Labute approximate surface area is 304 Å². The van der Waals surface area contributed by atoms with Crippen LogP contribution in [0, 0.1) is 23.7 Å². The van der Waals surface area contributed by atoms with Gasteiger partial charge in [0, 0.05) is 68.6 Å². The highest BCUT2D eigenvalue weighted by atomic mass is 127. The highest BCUT2D eigenvalue weighted by Gasteiger charge is 2.33. The van der Waals surface area contributed by atoms with E-state index in [4.69, 9.17) is 18.9 Å². The van der Waals surface area contributed by atoms with Crippen LogP contribution in [0.2, 0.25) is 0 Å². The molecule has 0 radical (unpaired) electrons. The van der Waals surface area contributed by atoms with Crippen LogP contribution in [0.1, 0.15) is 93.4 Å². The second kappa shape index (κ2) is 20.0. The first kappa shape index (κ1) is 41.2. The van der Waals surface area contributed by atoms with E-state index in [-0.39, 0.29) is 47.9 Å². The zero-order chi connectivity index (χ0) is 35.4. The van der Waals surface area contributed by atoms with Gasteiger partial charge < -0.3 is 34.3 Å². The number of allylic oxidation sites excluding steroid dienone is 3. The SMILES string of the molecule is CO[C@H](C(C)OC(C)(C)C[C@H](C)/C=C/C=C(\C)[C@H]1O[C@@H](CNC(=O)C2CCC(COC(=O)N3CCN(I)CC3)CC2)CC[C@@H]1C)[C@@H](C)O. The van der Waals surface area contributed by atoms with Crippen LogP contribution >= 0.6 is 22.9 Å². The highest BCUT2D eigenvalue weighted by molar-refractivity contribution is 14.1. The molecule has 2 N–H and O–H groups in total. The zero-order valence-corrected chi connectivity index (χ0v) is 32.9. The molecule has 7 atom stereocenters. The largest absolute Gasteiger partial charge is 0.449 e. The Hall–Kier alpha value is -1.25. The lowest BCUT2D eigenvalue weighted by molar-refractivity contribution is -0.149. The van der Waals surface area contributed by atoms with Crippen molar-refractivity contribution in [3.8, 4) is 0 Å². The molecule has 0 aromatic heterocycles. The summed E-state index contributed by atoms with van der Waals surface area (Å²) in [5.74, 6) is 1.17. The van der Waals surface area contributed by atoms with Gasteiger partial charge in [0.15, 0.2) is 0 Å². The minimum absolute atomic E-state index is 0.00345. The summed E-state index contributed by atoms with van der Waals surface area (Å²) in [5.41, 5.74) is 0.822. The number of amides is 2. The van der Waals surface area contributed by atoms with E-state index in [1.807, 2.05) is 6.92 Å². The fourth-order valence-electron chi connectivity index (χ4n) is 7.55. The molecule has 1 aliphatic carbocycles. The average molecular weight is 790 g/mol. The van der Waals surface area contributed by atoms with E-state index >= 15 is 0 Å². The molecule has 2 saturated heterocycles. The van der Waals surface area contributed by atoms with Crippen molar-refractivity contribution in [1.82, 2.24) is 13.3 Å². The summed E-state index contributed by atoms with van der Waals surface area (Å²) in [4.78, 5) is 27.3. The predicted molar refractivity (Wildman–Crippen MR) is 198 cm³/mol. The third-order valence-electron chi connectivity index (χ3n) is 10.2. The Bertz CT molecular complexity index is 1050. The van der Waals surface area contributed by atoms with Crippen molar-refractivity contribution in [3.05, 3.63) is 23.8 Å². The van der Waals surface area contributed by atoms with Gasteiger partial charge >= 0.3 is 6.09 Å². The van der Waals surface area contributed by atoms with Crippen LogP contribution in [-0.4, -0.2) is 108 Å². The number of carbonyl (C=O) groups excluding carboxylic acids is 2. The molecule has 3 rings (SSSR count). The number of rotatable bonds is 15. The first-order valence-corrected chi connectivity index (χ1v) is 19.1. The average Bonchev–Trinajstić information content (AvgIpc) is 3.03. The van der Waals surface area contributed by atoms with Gasteiger partial charge in [0.2, 0.25) is 5.91 Å². The Balaban J connectivity index is 1.38. The van der Waals surface area contributed by atoms with Crippen molar-refractivity contribution < 1.29 is 33.6 Å². The van der Waals surface area contributed by atoms with Crippen LogP contribution in [0.15, 0.2) is 23.8 Å². The minimum atomic E-state index is -0.602. The van der Waals surface area contributed by atoms with Crippen LogP contribution in [0.25, 0.3) is 0 Å². The minimum Gasteiger partial charge on any atom is -0.449 e. The van der Waals surface area contributed by atoms with E-state index in [0.29, 0.717) is 44.0 Å². The molecule has 0 spiro atoms. The molecular formula is C37H64IN3O7. The monoisotopic (exact) mass is 789 g/mol. The van der Waals surface area contributed by atoms with Crippen LogP contribution < -0.4 is 5.32 Å². The van der Waals surface area contributed by atoms with Gasteiger partial charge in [0.25, 0.3) is 0 Å². The summed E-state index contributed by atoms with van der Waals surface area (Å²) in [6.45, 7) is 18.5. The van der Waals surface area contributed by atoms with Crippen molar-refractivity contribution in [2.75, 3.05) is 46.4 Å². The number of hydrogen-bond acceptors (Lipinski definition) is 8. The smallest absolute Gasteiger partial charge is 0.409 e. The molecule has 10 nitrogen and oxygen atoms in total. The maximum atomic E-state index is 13.1. The fourth-order valence-corrected chi connectivity index (χ4v) is 7.98. The van der Waals surface area contributed by atoms with Crippen molar-refractivity contribution in [2.24, 2.45) is 23.7 Å². The zero-order valence-electron chi connectivity index (χ0n) is 30.8. The third-order valence-corrected chi connectivity index (χ3v) is 11.2. The number of hydrogen-bond donors (Lipinski definition) is 2. The van der Waals surface area contributed by atoms with Gasteiger partial charge in [-0.05, 0) is 103 Å². The number of carbonyl (C=O) groups is 2. The second-order valence-electron chi connectivity index (χ2n) is 15.2. The molecule has 48 heavy (non-hydrogen) atoms. The molecule has 0 bridgehead atoms. The molecule has 2 heterocycles. The first-order chi connectivity index (χ1) is 22.7. The Morgan fingerprint density at radius 1 is 1.06 bits per heavy atom. The van der Waals surface area contributed by atoms with Crippen molar-refractivity contribution in [2.45, 2.75) is 130 Å². The fraction of sp³-hybridized carbons (Fsp3) is 0.838. The van der Waals surface area contributed by atoms with Gasteiger partial charge in [0.05, 0.1) is 36.6 Å². The number of nitrogens with zero attached hydrogens (tertiary/aromatic N) is 2. The molecule has 1 unspecified atom stereocenters. The second-order valence-corrected chi connectivity index (χ2v) is 16.5. The molecular weight excluding hydrogens is 725 g/mol. The lowest BCUT2D eigenvalue weighted by atomic mass is 9.82. The number of aliphatic hydroxyl groups excluding tert-OH is 1. The standard InChI is InChI=1S/C37H64IN3O7/c1-25(22-37(6,7)48-29(5)34(45-8)28(4)42)10-9-11-26(2)33-27(3)12-17-32(47-33)23-39-35(43)31-15-13-30(14-16-31)24-46-36(44)40-18-20-41(38)21-19-40/h9-11,25,27-34,42H,12-24H2,1-8H3,(H,39,43)/b10-9+,26-11+/t25-,27+,28-,29?,30?,31?,32-,33-,34+/m1/s1. The molecule has 2 amide bonds. The lowest BCUT2D eigenvalue weighted by Crippen LogP contribution is -2.46. The number of ether oxygens (including phenoxy) is 4. The normalized spacial score (nSPS) is 28.9. The summed E-state index contributed by atoms with van der Waals surface area (Å²) in [7, 11) is 1.60. The number of aliphatic hydroxyl groups is 1. The third kappa shape index (κ3) is 13.5. The Morgan fingerprint density at radius 3 is 2.35 bits per heavy atom. The van der Waals surface area contributed by atoms with E-state index in [1.165, 1.54) is 5.57 Å². The molecule has 276 valence electrons. The van der Waals surface area contributed by atoms with E-state index < -0.39 is 6.10 Å². The Morgan fingerprint density at radius 2 is 1.73 bits per heavy atom. The molecule has 0 aromatic carbocycles. The van der Waals surface area contributed by atoms with Gasteiger partial charge in [0.1, 0.15) is 6.10 Å². The molecule has 2 aliphatic heterocycles. The summed E-state index contributed by atoms with van der Waals surface area (Å²) in [6.07, 6.45) is 11.4. The number of nitrogens with one attached hydrogen (secondary N) is 1. The van der Waals surface area contributed by atoms with Gasteiger partial charge in [-0.2, -0.15) is 0 Å².